The first-order valence-corrected chi connectivity index (χ1v) is 6.21. The highest BCUT2D eigenvalue weighted by Crippen LogP contribution is 2.31. The quantitative estimate of drug-likeness (QED) is 0.589. The molecule has 0 heterocycles. The maximum absolute atomic E-state index is 5.70. The van der Waals surface area contributed by atoms with E-state index in [0.29, 0.717) is 0 Å². The van der Waals surface area contributed by atoms with Crippen molar-refractivity contribution in [1.82, 2.24) is 5.43 Å². The van der Waals surface area contributed by atoms with Gasteiger partial charge in [-0.25, -0.2) is 0 Å². The summed E-state index contributed by atoms with van der Waals surface area (Å²) in [6, 6.07) is 8.50. The van der Waals surface area contributed by atoms with Crippen LogP contribution in [-0.4, -0.2) is 12.7 Å². The van der Waals surface area contributed by atoms with E-state index < -0.39 is 0 Å². The summed E-state index contributed by atoms with van der Waals surface area (Å²) in [6.07, 6.45) is 1.93. The minimum absolute atomic E-state index is 0.00370. The Morgan fingerprint density at radius 2 is 2.12 bits per heavy atom. The van der Waals surface area contributed by atoms with Crippen molar-refractivity contribution in [2.45, 2.75) is 45.3 Å². The van der Waals surface area contributed by atoms with Gasteiger partial charge in [-0.1, -0.05) is 38.1 Å². The van der Waals surface area contributed by atoms with Gasteiger partial charge in [0.05, 0.1) is 11.6 Å². The first-order valence-electron chi connectivity index (χ1n) is 6.21. The predicted octanol–water partition coefficient (Wildman–Crippen LogP) is 2.57. The number of hydrogen-bond acceptors (Lipinski definition) is 3. The van der Waals surface area contributed by atoms with Gasteiger partial charge < -0.3 is 4.74 Å². The molecule has 0 aliphatic rings. The molecule has 0 spiro atoms. The molecule has 0 amide bonds. The minimum atomic E-state index is -0.291. The number of rotatable bonds is 6. The lowest BCUT2D eigenvalue weighted by atomic mass is 9.87. The summed E-state index contributed by atoms with van der Waals surface area (Å²) in [6.45, 7) is 6.34. The molecule has 3 heteroatoms. The van der Waals surface area contributed by atoms with Crippen LogP contribution in [0.4, 0.5) is 0 Å². The highest BCUT2D eigenvalue weighted by molar-refractivity contribution is 5.28. The second-order valence-corrected chi connectivity index (χ2v) is 4.57. The molecule has 1 rings (SSSR count). The SMILES string of the molecule is CCc1cccc(C(NN)C(C)(CC)OC)c1. The normalized spacial score (nSPS) is 16.5. The summed E-state index contributed by atoms with van der Waals surface area (Å²) in [5, 5.41) is 0. The molecule has 1 aromatic carbocycles. The number of methoxy groups -OCH3 is 1. The van der Waals surface area contributed by atoms with Crippen LogP contribution >= 0.6 is 0 Å². The third kappa shape index (κ3) is 3.06. The van der Waals surface area contributed by atoms with Gasteiger partial charge in [0, 0.05) is 7.11 Å². The number of aryl methyl sites for hydroxylation is 1. The third-order valence-corrected chi connectivity index (χ3v) is 3.64. The molecule has 2 atom stereocenters. The van der Waals surface area contributed by atoms with Gasteiger partial charge in [0.2, 0.25) is 0 Å². The molecule has 0 radical (unpaired) electrons. The van der Waals surface area contributed by atoms with E-state index in [1.807, 2.05) is 0 Å². The molecule has 0 fully saturated rings. The molecular weight excluding hydrogens is 212 g/mol. The van der Waals surface area contributed by atoms with Crippen molar-refractivity contribution in [3.8, 4) is 0 Å². The highest BCUT2D eigenvalue weighted by Gasteiger charge is 2.33. The lowest BCUT2D eigenvalue weighted by molar-refractivity contribution is -0.0300. The Labute approximate surface area is 104 Å². The summed E-state index contributed by atoms with van der Waals surface area (Å²) in [5.41, 5.74) is 5.09. The summed E-state index contributed by atoms with van der Waals surface area (Å²) in [7, 11) is 1.73. The van der Waals surface area contributed by atoms with Gasteiger partial charge in [0.15, 0.2) is 0 Å². The zero-order valence-electron chi connectivity index (χ0n) is 11.3. The topological polar surface area (TPSA) is 47.3 Å². The van der Waals surface area contributed by atoms with Crippen molar-refractivity contribution in [1.29, 1.82) is 0 Å². The molecule has 2 unspecified atom stereocenters. The lowest BCUT2D eigenvalue weighted by Gasteiger charge is -2.35. The van der Waals surface area contributed by atoms with Crippen molar-refractivity contribution in [2.75, 3.05) is 7.11 Å². The van der Waals surface area contributed by atoms with Crippen LogP contribution in [0, 0.1) is 0 Å². The number of nitrogens with one attached hydrogen (secondary N) is 1. The summed E-state index contributed by atoms with van der Waals surface area (Å²) < 4.78 is 5.63. The Morgan fingerprint density at radius 1 is 1.41 bits per heavy atom. The second-order valence-electron chi connectivity index (χ2n) is 4.57. The Morgan fingerprint density at radius 3 is 2.59 bits per heavy atom. The second kappa shape index (κ2) is 6.15. The first-order chi connectivity index (χ1) is 8.11. The first kappa shape index (κ1) is 14.2. The smallest absolute Gasteiger partial charge is 0.0854 e. The molecule has 0 saturated heterocycles. The molecule has 0 aliphatic carbocycles. The van der Waals surface area contributed by atoms with E-state index in [1.54, 1.807) is 7.11 Å². The predicted molar refractivity (Wildman–Crippen MR) is 71.6 cm³/mol. The molecule has 0 aromatic heterocycles. The lowest BCUT2D eigenvalue weighted by Crippen LogP contribution is -2.45. The summed E-state index contributed by atoms with van der Waals surface area (Å²) in [4.78, 5) is 0. The average Bonchev–Trinajstić information content (AvgIpc) is 2.39. The van der Waals surface area contributed by atoms with Crippen LogP contribution < -0.4 is 11.3 Å². The fraction of sp³-hybridized carbons (Fsp3) is 0.571. The fourth-order valence-corrected chi connectivity index (χ4v) is 2.08. The van der Waals surface area contributed by atoms with Gasteiger partial charge in [-0.3, -0.25) is 11.3 Å². The Hall–Kier alpha value is -0.900. The summed E-state index contributed by atoms with van der Waals surface area (Å²) >= 11 is 0. The number of hydrogen-bond donors (Lipinski definition) is 2. The van der Waals surface area contributed by atoms with Crippen molar-refractivity contribution < 1.29 is 4.74 Å². The minimum Gasteiger partial charge on any atom is -0.376 e. The monoisotopic (exact) mass is 236 g/mol. The molecule has 1 aromatic rings. The fourth-order valence-electron chi connectivity index (χ4n) is 2.08. The van der Waals surface area contributed by atoms with E-state index in [1.165, 1.54) is 11.1 Å². The van der Waals surface area contributed by atoms with Gasteiger partial charge in [0.25, 0.3) is 0 Å². The number of ether oxygens (including phenoxy) is 1. The average molecular weight is 236 g/mol. The van der Waals surface area contributed by atoms with Gasteiger partial charge in [-0.15, -0.1) is 0 Å². The van der Waals surface area contributed by atoms with Crippen LogP contribution in [-0.2, 0) is 11.2 Å². The van der Waals surface area contributed by atoms with E-state index in [9.17, 15) is 0 Å². The Balaban J connectivity index is 3.08. The van der Waals surface area contributed by atoms with Crippen LogP contribution in [0.25, 0.3) is 0 Å². The number of nitrogens with two attached hydrogens (primary N) is 1. The molecule has 17 heavy (non-hydrogen) atoms. The zero-order chi connectivity index (χ0) is 12.9. The van der Waals surface area contributed by atoms with Gasteiger partial charge >= 0.3 is 0 Å². The van der Waals surface area contributed by atoms with Crippen LogP contribution in [0.2, 0.25) is 0 Å². The van der Waals surface area contributed by atoms with Crippen molar-refractivity contribution >= 4 is 0 Å². The third-order valence-electron chi connectivity index (χ3n) is 3.64. The van der Waals surface area contributed by atoms with Gasteiger partial charge in [-0.05, 0) is 30.9 Å². The molecule has 3 nitrogen and oxygen atoms in total. The molecular formula is C14H24N2O. The molecule has 0 saturated carbocycles. The zero-order valence-corrected chi connectivity index (χ0v) is 11.3. The molecule has 96 valence electrons. The highest BCUT2D eigenvalue weighted by atomic mass is 16.5. The van der Waals surface area contributed by atoms with E-state index in [-0.39, 0.29) is 11.6 Å². The van der Waals surface area contributed by atoms with Crippen LogP contribution in [0.5, 0.6) is 0 Å². The maximum Gasteiger partial charge on any atom is 0.0854 e. The Kier molecular flexibility index (Phi) is 5.12. The van der Waals surface area contributed by atoms with Crippen molar-refractivity contribution in [3.63, 3.8) is 0 Å². The maximum atomic E-state index is 5.70. The standard InChI is InChI=1S/C14H24N2O/c1-5-11-8-7-9-12(10-11)13(16-15)14(3,6-2)17-4/h7-10,13,16H,5-6,15H2,1-4H3. The van der Waals surface area contributed by atoms with Crippen LogP contribution in [0.15, 0.2) is 24.3 Å². The molecule has 3 N–H and O–H groups in total. The molecule has 0 aliphatic heterocycles. The van der Waals surface area contributed by atoms with E-state index in [4.69, 9.17) is 10.6 Å². The van der Waals surface area contributed by atoms with Crippen molar-refractivity contribution in [2.24, 2.45) is 5.84 Å². The van der Waals surface area contributed by atoms with Crippen LogP contribution in [0.3, 0.4) is 0 Å². The van der Waals surface area contributed by atoms with Crippen molar-refractivity contribution in [3.05, 3.63) is 35.4 Å². The van der Waals surface area contributed by atoms with Crippen LogP contribution in [0.1, 0.15) is 44.4 Å². The van der Waals surface area contributed by atoms with E-state index >= 15 is 0 Å². The van der Waals surface area contributed by atoms with Gasteiger partial charge in [0.1, 0.15) is 0 Å². The number of hydrazine groups is 1. The number of benzene rings is 1. The largest absolute Gasteiger partial charge is 0.376 e. The van der Waals surface area contributed by atoms with Gasteiger partial charge in [-0.2, -0.15) is 0 Å². The Bertz CT molecular complexity index is 348. The van der Waals surface area contributed by atoms with E-state index in [0.717, 1.165) is 12.8 Å². The molecule has 0 bridgehead atoms. The van der Waals surface area contributed by atoms with E-state index in [2.05, 4.69) is 50.5 Å². The summed E-state index contributed by atoms with van der Waals surface area (Å²) in [5.74, 6) is 5.70.